The minimum Gasteiger partial charge on any atom is -0.369 e. The smallest absolute Gasteiger partial charge is 0.288 e. The lowest BCUT2D eigenvalue weighted by Gasteiger charge is -2.36. The van der Waals surface area contributed by atoms with Gasteiger partial charge in [0, 0.05) is 57.7 Å². The molecule has 0 bridgehead atoms. The molecule has 0 spiro atoms. The van der Waals surface area contributed by atoms with E-state index in [0.717, 1.165) is 75.9 Å². The van der Waals surface area contributed by atoms with E-state index in [9.17, 15) is 14.0 Å². The minimum absolute atomic E-state index is 0.0173. The average Bonchev–Trinajstić information content (AvgIpc) is 3.53. The first-order chi connectivity index (χ1) is 16.6. The Labute approximate surface area is 200 Å². The normalized spacial score (nSPS) is 17.0. The molecule has 2 aliphatic heterocycles. The fourth-order valence-corrected chi connectivity index (χ4v) is 5.36. The molecule has 2 fully saturated rings. The first-order valence-corrected chi connectivity index (χ1v) is 12.5. The standard InChI is InChI=1S/C23H28FN7O2S/c24-17-4-6-18(7-5-17)29-14-12-28(13-15-29)9-3-8-25-20(32)19-16-26-22-31(21(19)33)27-23(34-22)30-10-1-2-11-30/h4-7,16H,1-3,8-15H2,(H,25,32). The maximum Gasteiger partial charge on any atom is 0.288 e. The molecule has 5 rings (SSSR count). The van der Waals surface area contributed by atoms with Gasteiger partial charge in [-0.3, -0.25) is 14.5 Å². The Bertz CT molecular complexity index is 1200. The van der Waals surface area contributed by atoms with E-state index in [1.807, 2.05) is 12.1 Å². The summed E-state index contributed by atoms with van der Waals surface area (Å²) in [7, 11) is 0. The predicted molar refractivity (Wildman–Crippen MR) is 131 cm³/mol. The van der Waals surface area contributed by atoms with Crippen LogP contribution in [0.4, 0.5) is 15.2 Å². The van der Waals surface area contributed by atoms with Crippen molar-refractivity contribution in [1.82, 2.24) is 24.8 Å². The number of aromatic nitrogens is 3. The Morgan fingerprint density at radius 1 is 1.03 bits per heavy atom. The lowest BCUT2D eigenvalue weighted by molar-refractivity contribution is 0.0949. The van der Waals surface area contributed by atoms with Crippen molar-refractivity contribution in [2.24, 2.45) is 0 Å². The van der Waals surface area contributed by atoms with Gasteiger partial charge in [0.25, 0.3) is 11.5 Å². The second-order valence-corrected chi connectivity index (χ2v) is 9.60. The summed E-state index contributed by atoms with van der Waals surface area (Å²) in [6.07, 6.45) is 4.38. The molecular formula is C23H28FN7O2S. The molecule has 0 aliphatic carbocycles. The number of halogens is 1. The molecule has 2 aliphatic rings. The summed E-state index contributed by atoms with van der Waals surface area (Å²) >= 11 is 1.38. The van der Waals surface area contributed by atoms with Gasteiger partial charge in [-0.15, -0.1) is 5.10 Å². The summed E-state index contributed by atoms with van der Waals surface area (Å²) in [6, 6.07) is 6.61. The van der Waals surface area contributed by atoms with Gasteiger partial charge in [0.2, 0.25) is 10.1 Å². The Balaban J connectivity index is 1.09. The molecule has 0 atom stereocenters. The molecule has 0 saturated carbocycles. The zero-order valence-electron chi connectivity index (χ0n) is 19.0. The number of piperazine rings is 1. The number of amides is 1. The number of nitrogens with one attached hydrogen (secondary N) is 1. The topological polar surface area (TPSA) is 86.1 Å². The number of rotatable bonds is 7. The lowest BCUT2D eigenvalue weighted by Crippen LogP contribution is -2.47. The highest BCUT2D eigenvalue weighted by Gasteiger charge is 2.21. The maximum absolute atomic E-state index is 13.1. The van der Waals surface area contributed by atoms with Crippen LogP contribution in [-0.4, -0.2) is 77.8 Å². The van der Waals surface area contributed by atoms with Gasteiger partial charge in [-0.2, -0.15) is 4.52 Å². The van der Waals surface area contributed by atoms with E-state index in [1.54, 1.807) is 0 Å². The van der Waals surface area contributed by atoms with Crippen LogP contribution in [0.3, 0.4) is 0 Å². The van der Waals surface area contributed by atoms with Crippen LogP contribution in [-0.2, 0) is 0 Å². The second kappa shape index (κ2) is 10.1. The first-order valence-electron chi connectivity index (χ1n) is 11.7. The predicted octanol–water partition coefficient (Wildman–Crippen LogP) is 1.83. The van der Waals surface area contributed by atoms with Crippen LogP contribution in [0.15, 0.2) is 35.3 Å². The fourth-order valence-electron chi connectivity index (χ4n) is 4.45. The minimum atomic E-state index is -0.430. The van der Waals surface area contributed by atoms with Crippen molar-refractivity contribution in [1.29, 1.82) is 0 Å². The van der Waals surface area contributed by atoms with Gasteiger partial charge < -0.3 is 15.1 Å². The van der Waals surface area contributed by atoms with Gasteiger partial charge in [-0.05, 0) is 50.1 Å². The zero-order valence-corrected chi connectivity index (χ0v) is 19.8. The van der Waals surface area contributed by atoms with E-state index in [2.05, 4.69) is 30.1 Å². The van der Waals surface area contributed by atoms with Crippen molar-refractivity contribution in [2.75, 3.05) is 62.2 Å². The highest BCUT2D eigenvalue weighted by Crippen LogP contribution is 2.24. The summed E-state index contributed by atoms with van der Waals surface area (Å²) in [5, 5.41) is 8.03. The van der Waals surface area contributed by atoms with Crippen LogP contribution in [0, 0.1) is 5.82 Å². The Hall–Kier alpha value is -3.05. The number of fused-ring (bicyclic) bond motifs is 1. The molecule has 0 radical (unpaired) electrons. The van der Waals surface area contributed by atoms with E-state index in [-0.39, 0.29) is 11.4 Å². The van der Waals surface area contributed by atoms with E-state index in [1.165, 1.54) is 34.2 Å². The molecule has 34 heavy (non-hydrogen) atoms. The van der Waals surface area contributed by atoms with E-state index >= 15 is 0 Å². The van der Waals surface area contributed by atoms with Crippen LogP contribution in [0.5, 0.6) is 0 Å². The number of carbonyl (C=O) groups is 1. The third-order valence-electron chi connectivity index (χ3n) is 6.40. The van der Waals surface area contributed by atoms with E-state index in [0.29, 0.717) is 11.5 Å². The molecular weight excluding hydrogens is 457 g/mol. The summed E-state index contributed by atoms with van der Waals surface area (Å²) in [4.78, 5) is 36.9. The average molecular weight is 486 g/mol. The molecule has 1 aromatic carbocycles. The van der Waals surface area contributed by atoms with Crippen molar-refractivity contribution in [3.8, 4) is 0 Å². The largest absolute Gasteiger partial charge is 0.369 e. The molecule has 4 heterocycles. The summed E-state index contributed by atoms with van der Waals surface area (Å²) in [5.74, 6) is -0.634. The van der Waals surface area contributed by atoms with Gasteiger partial charge in [-0.1, -0.05) is 11.3 Å². The molecule has 1 N–H and O–H groups in total. The van der Waals surface area contributed by atoms with Crippen LogP contribution in [0.25, 0.3) is 4.96 Å². The Morgan fingerprint density at radius 3 is 2.50 bits per heavy atom. The number of nitrogens with zero attached hydrogens (tertiary/aromatic N) is 6. The summed E-state index contributed by atoms with van der Waals surface area (Å²) in [6.45, 7) is 6.80. The fraction of sp³-hybridized carbons (Fsp3) is 0.478. The van der Waals surface area contributed by atoms with Crippen molar-refractivity contribution in [2.45, 2.75) is 19.3 Å². The molecule has 180 valence electrons. The highest BCUT2D eigenvalue weighted by atomic mass is 32.1. The third-order valence-corrected chi connectivity index (χ3v) is 7.38. The number of carbonyl (C=O) groups excluding carboxylic acids is 1. The molecule has 9 nitrogen and oxygen atoms in total. The molecule has 3 aromatic rings. The van der Waals surface area contributed by atoms with Crippen LogP contribution in [0.2, 0.25) is 0 Å². The number of hydrogen-bond acceptors (Lipinski definition) is 8. The van der Waals surface area contributed by atoms with Crippen LogP contribution < -0.4 is 20.7 Å². The molecule has 2 saturated heterocycles. The first kappa shape index (κ1) is 22.7. The summed E-state index contributed by atoms with van der Waals surface area (Å²) in [5.41, 5.74) is 0.627. The second-order valence-electron chi connectivity index (χ2n) is 8.66. The quantitative estimate of drug-likeness (QED) is 0.511. The highest BCUT2D eigenvalue weighted by molar-refractivity contribution is 7.20. The van der Waals surface area contributed by atoms with Gasteiger partial charge in [0.1, 0.15) is 11.4 Å². The molecule has 1 amide bonds. The van der Waals surface area contributed by atoms with Gasteiger partial charge >= 0.3 is 0 Å². The van der Waals surface area contributed by atoms with Crippen molar-refractivity contribution < 1.29 is 9.18 Å². The number of anilines is 2. The molecule has 0 unspecified atom stereocenters. The van der Waals surface area contributed by atoms with Crippen molar-refractivity contribution in [3.05, 3.63) is 52.2 Å². The Kier molecular flexibility index (Phi) is 6.73. The molecule has 11 heteroatoms. The third kappa shape index (κ3) is 4.90. The van der Waals surface area contributed by atoms with Crippen molar-refractivity contribution in [3.63, 3.8) is 0 Å². The van der Waals surface area contributed by atoms with Crippen molar-refractivity contribution >= 4 is 33.0 Å². The number of benzene rings is 1. The SMILES string of the molecule is O=C(NCCCN1CCN(c2ccc(F)cc2)CC1)c1cnc2sc(N3CCCC3)nn2c1=O. The van der Waals surface area contributed by atoms with Crippen LogP contribution in [0.1, 0.15) is 29.6 Å². The Morgan fingerprint density at radius 2 is 1.76 bits per heavy atom. The summed E-state index contributed by atoms with van der Waals surface area (Å²) < 4.78 is 14.4. The van der Waals surface area contributed by atoms with Crippen LogP contribution >= 0.6 is 11.3 Å². The number of hydrogen-bond donors (Lipinski definition) is 1. The van der Waals surface area contributed by atoms with Gasteiger partial charge in [0.15, 0.2) is 0 Å². The zero-order chi connectivity index (χ0) is 23.5. The van der Waals surface area contributed by atoms with E-state index < -0.39 is 11.5 Å². The van der Waals surface area contributed by atoms with Gasteiger partial charge in [0.05, 0.1) is 0 Å². The maximum atomic E-state index is 13.1. The lowest BCUT2D eigenvalue weighted by atomic mass is 10.2. The van der Waals surface area contributed by atoms with Gasteiger partial charge in [-0.25, -0.2) is 9.37 Å². The monoisotopic (exact) mass is 485 g/mol. The molecule has 2 aromatic heterocycles. The van der Waals surface area contributed by atoms with E-state index in [4.69, 9.17) is 0 Å².